The zero-order chi connectivity index (χ0) is 13.9. The van der Waals surface area contributed by atoms with E-state index < -0.39 is 5.82 Å². The molecule has 102 valence electrons. The molecule has 1 heterocycles. The minimum absolute atomic E-state index is 0.0860. The van der Waals surface area contributed by atoms with Crippen molar-refractivity contribution in [1.29, 1.82) is 0 Å². The van der Waals surface area contributed by atoms with E-state index in [9.17, 15) is 9.18 Å². The molecule has 1 aliphatic heterocycles. The summed E-state index contributed by atoms with van der Waals surface area (Å²) in [6, 6.07) is 12.4. The lowest BCUT2D eigenvalue weighted by molar-refractivity contribution is -0.116. The second kappa shape index (κ2) is 5.33. The van der Waals surface area contributed by atoms with Crippen LogP contribution in [0.3, 0.4) is 0 Å². The monoisotopic (exact) mass is 271 g/mol. The molecule has 0 saturated carbocycles. The summed E-state index contributed by atoms with van der Waals surface area (Å²) >= 11 is 0. The summed E-state index contributed by atoms with van der Waals surface area (Å²) in [5, 5.41) is 2.68. The molecule has 0 fully saturated rings. The first kappa shape index (κ1) is 12.7. The molecule has 20 heavy (non-hydrogen) atoms. The maximum Gasteiger partial charge on any atom is 0.224 e. The number of carbonyl (C=O) groups is 1. The maximum atomic E-state index is 13.6. The molecule has 1 N–H and O–H groups in total. The third-order valence-corrected chi connectivity index (χ3v) is 3.29. The van der Waals surface area contributed by atoms with E-state index in [1.54, 1.807) is 0 Å². The van der Waals surface area contributed by atoms with Crippen molar-refractivity contribution in [1.82, 2.24) is 0 Å². The molecule has 0 unspecified atom stereocenters. The fourth-order valence-electron chi connectivity index (χ4n) is 2.30. The largest absolute Gasteiger partial charge is 0.488 e. The summed E-state index contributed by atoms with van der Waals surface area (Å²) in [5.41, 5.74) is 2.40. The Kier molecular flexibility index (Phi) is 3.37. The quantitative estimate of drug-likeness (QED) is 0.930. The highest BCUT2D eigenvalue weighted by Crippen LogP contribution is 2.32. The van der Waals surface area contributed by atoms with Gasteiger partial charge in [0.05, 0.1) is 5.69 Å². The van der Waals surface area contributed by atoms with Crippen LogP contribution in [0.2, 0.25) is 0 Å². The van der Waals surface area contributed by atoms with Crippen LogP contribution in [0.15, 0.2) is 42.5 Å². The van der Waals surface area contributed by atoms with Crippen molar-refractivity contribution in [3.05, 3.63) is 59.4 Å². The summed E-state index contributed by atoms with van der Waals surface area (Å²) in [7, 11) is 0. The van der Waals surface area contributed by atoms with Gasteiger partial charge in [0.25, 0.3) is 0 Å². The lowest BCUT2D eigenvalue weighted by Crippen LogP contribution is -2.20. The normalized spacial score (nSPS) is 13.6. The van der Waals surface area contributed by atoms with Gasteiger partial charge in [-0.2, -0.15) is 0 Å². The first-order valence-electron chi connectivity index (χ1n) is 6.51. The number of ether oxygens (including phenoxy) is 1. The fraction of sp³-hybridized carbons (Fsp3) is 0.188. The van der Waals surface area contributed by atoms with Gasteiger partial charge in [-0.3, -0.25) is 4.79 Å². The fourth-order valence-corrected chi connectivity index (χ4v) is 2.30. The number of fused-ring (bicyclic) bond motifs is 1. The molecule has 1 aliphatic rings. The predicted molar refractivity (Wildman–Crippen MR) is 74.1 cm³/mol. The van der Waals surface area contributed by atoms with Crippen molar-refractivity contribution in [2.45, 2.75) is 19.4 Å². The van der Waals surface area contributed by atoms with Crippen molar-refractivity contribution >= 4 is 11.6 Å². The lowest BCUT2D eigenvalue weighted by Gasteiger charge is -2.20. The molecule has 2 aromatic carbocycles. The van der Waals surface area contributed by atoms with E-state index in [1.165, 1.54) is 12.1 Å². The minimum atomic E-state index is -0.408. The lowest BCUT2D eigenvalue weighted by atomic mass is 10.0. The summed E-state index contributed by atoms with van der Waals surface area (Å²) in [4.78, 5) is 11.4. The molecular formula is C16H14FNO2. The number of rotatable bonds is 3. The molecule has 0 bridgehead atoms. The molecule has 2 aromatic rings. The Labute approximate surface area is 116 Å². The van der Waals surface area contributed by atoms with Crippen LogP contribution >= 0.6 is 0 Å². The van der Waals surface area contributed by atoms with Gasteiger partial charge in [-0.25, -0.2) is 4.39 Å². The van der Waals surface area contributed by atoms with Crippen LogP contribution in [-0.2, 0) is 17.8 Å². The van der Waals surface area contributed by atoms with Gasteiger partial charge < -0.3 is 10.1 Å². The van der Waals surface area contributed by atoms with Crippen molar-refractivity contribution in [3.63, 3.8) is 0 Å². The smallest absolute Gasteiger partial charge is 0.224 e. The number of hydrogen-bond donors (Lipinski definition) is 1. The maximum absolute atomic E-state index is 13.6. The van der Waals surface area contributed by atoms with Gasteiger partial charge >= 0.3 is 0 Å². The molecule has 3 nitrogen and oxygen atoms in total. The number of nitrogens with one attached hydrogen (secondary N) is 1. The van der Waals surface area contributed by atoms with Gasteiger partial charge in [-0.05, 0) is 18.1 Å². The van der Waals surface area contributed by atoms with Crippen molar-refractivity contribution < 1.29 is 13.9 Å². The van der Waals surface area contributed by atoms with Crippen LogP contribution in [0.25, 0.3) is 0 Å². The topological polar surface area (TPSA) is 38.3 Å². The van der Waals surface area contributed by atoms with E-state index in [2.05, 4.69) is 5.32 Å². The van der Waals surface area contributed by atoms with E-state index in [-0.39, 0.29) is 5.91 Å². The van der Waals surface area contributed by atoms with Gasteiger partial charge in [0.15, 0.2) is 0 Å². The molecule has 0 spiro atoms. The Morgan fingerprint density at radius 2 is 1.95 bits per heavy atom. The average molecular weight is 271 g/mol. The average Bonchev–Trinajstić information content (AvgIpc) is 2.45. The van der Waals surface area contributed by atoms with E-state index in [0.717, 1.165) is 11.1 Å². The second-order valence-electron chi connectivity index (χ2n) is 4.75. The van der Waals surface area contributed by atoms with Crippen LogP contribution in [0.5, 0.6) is 5.75 Å². The highest BCUT2D eigenvalue weighted by Gasteiger charge is 2.20. The Morgan fingerprint density at radius 3 is 2.75 bits per heavy atom. The van der Waals surface area contributed by atoms with Crippen molar-refractivity contribution in [2.24, 2.45) is 0 Å². The molecule has 3 rings (SSSR count). The standard InChI is InChI=1S/C16H14FNO2/c17-12-8-14-13(6-7-16(19)18-14)15(9-12)20-10-11-4-2-1-3-5-11/h1-5,8-9H,6-7,10H2,(H,18,19). The van der Waals surface area contributed by atoms with Gasteiger partial charge in [-0.1, -0.05) is 30.3 Å². The molecule has 1 amide bonds. The number of benzene rings is 2. The molecule has 0 aromatic heterocycles. The highest BCUT2D eigenvalue weighted by atomic mass is 19.1. The first-order chi connectivity index (χ1) is 9.72. The van der Waals surface area contributed by atoms with Crippen LogP contribution < -0.4 is 10.1 Å². The van der Waals surface area contributed by atoms with Crippen LogP contribution in [0.4, 0.5) is 10.1 Å². The number of halogens is 1. The molecule has 0 aliphatic carbocycles. The minimum Gasteiger partial charge on any atom is -0.488 e. The Bertz CT molecular complexity index is 640. The van der Waals surface area contributed by atoms with E-state index in [1.807, 2.05) is 30.3 Å². The Balaban J connectivity index is 1.84. The van der Waals surface area contributed by atoms with Crippen molar-refractivity contribution in [3.8, 4) is 5.75 Å². The molecule has 4 heteroatoms. The van der Waals surface area contributed by atoms with Crippen LogP contribution in [-0.4, -0.2) is 5.91 Å². The third-order valence-electron chi connectivity index (χ3n) is 3.29. The zero-order valence-corrected chi connectivity index (χ0v) is 10.9. The molecule has 0 radical (unpaired) electrons. The van der Waals surface area contributed by atoms with E-state index in [0.29, 0.717) is 30.9 Å². The van der Waals surface area contributed by atoms with Gasteiger partial charge in [0, 0.05) is 18.1 Å². The number of carbonyl (C=O) groups excluding carboxylic acids is 1. The van der Waals surface area contributed by atoms with Crippen molar-refractivity contribution in [2.75, 3.05) is 5.32 Å². The predicted octanol–water partition coefficient (Wildman–Crippen LogP) is 3.29. The Morgan fingerprint density at radius 1 is 1.15 bits per heavy atom. The first-order valence-corrected chi connectivity index (χ1v) is 6.51. The van der Waals surface area contributed by atoms with Crippen LogP contribution in [0, 0.1) is 5.82 Å². The number of anilines is 1. The summed E-state index contributed by atoms with van der Waals surface area (Å²) in [6.45, 7) is 0.380. The van der Waals surface area contributed by atoms with E-state index >= 15 is 0 Å². The zero-order valence-electron chi connectivity index (χ0n) is 10.9. The summed E-state index contributed by atoms with van der Waals surface area (Å²) < 4.78 is 19.3. The molecule has 0 saturated heterocycles. The highest BCUT2D eigenvalue weighted by molar-refractivity contribution is 5.94. The molecule has 0 atom stereocenters. The van der Waals surface area contributed by atoms with Gasteiger partial charge in [0.1, 0.15) is 18.2 Å². The number of amides is 1. The van der Waals surface area contributed by atoms with Crippen LogP contribution in [0.1, 0.15) is 17.5 Å². The Hall–Kier alpha value is -2.36. The molecular weight excluding hydrogens is 257 g/mol. The third kappa shape index (κ3) is 2.64. The van der Waals surface area contributed by atoms with E-state index in [4.69, 9.17) is 4.74 Å². The SMILES string of the molecule is O=C1CCc2c(cc(F)cc2OCc2ccccc2)N1. The summed E-state index contributed by atoms with van der Waals surface area (Å²) in [6.07, 6.45) is 0.978. The summed E-state index contributed by atoms with van der Waals surface area (Å²) in [5.74, 6) is 0.00924. The second-order valence-corrected chi connectivity index (χ2v) is 4.75. The van der Waals surface area contributed by atoms with Gasteiger partial charge in [-0.15, -0.1) is 0 Å². The number of hydrogen-bond acceptors (Lipinski definition) is 2. The van der Waals surface area contributed by atoms with Gasteiger partial charge in [0.2, 0.25) is 5.91 Å².